The summed E-state index contributed by atoms with van der Waals surface area (Å²) in [6, 6.07) is 4.46. The van der Waals surface area contributed by atoms with Crippen molar-refractivity contribution in [2.75, 3.05) is 27.4 Å². The Balaban J connectivity index is 1.45. The lowest BCUT2D eigenvalue weighted by Gasteiger charge is -2.51. The first-order valence-electron chi connectivity index (χ1n) is 12.9. The summed E-state index contributed by atoms with van der Waals surface area (Å²) in [5.41, 5.74) is -3.48. The van der Waals surface area contributed by atoms with E-state index in [-0.39, 0.29) is 31.9 Å². The number of halogens is 2. The number of carbonyl (C=O) groups is 1. The third kappa shape index (κ3) is 5.68. The first-order valence-corrected chi connectivity index (χ1v) is 13.7. The lowest BCUT2D eigenvalue weighted by atomic mass is 9.58. The molecule has 0 radical (unpaired) electrons. The van der Waals surface area contributed by atoms with Crippen molar-refractivity contribution in [2.24, 2.45) is 15.8 Å². The van der Waals surface area contributed by atoms with Crippen LogP contribution in [0.4, 0.5) is 8.78 Å². The molecule has 0 aromatic heterocycles. The molecule has 1 N–H and O–H groups in total. The summed E-state index contributed by atoms with van der Waals surface area (Å²) in [7, 11) is 3.08. The SMILES string of the molecule is COc1ccc(OCC2N=C([C@@H]3CCCN3C(=O)C(F)(F)C3(O)CC(C)(C)CC(C)(C)C3)OS2)cc1OC. The second kappa shape index (κ2) is 10.4. The molecule has 11 heteroatoms. The first kappa shape index (κ1) is 28.7. The highest BCUT2D eigenvalue weighted by Gasteiger charge is 2.65. The number of hydrogen-bond donors (Lipinski definition) is 1. The summed E-state index contributed by atoms with van der Waals surface area (Å²) in [4.78, 5) is 19.0. The molecule has 0 spiro atoms. The van der Waals surface area contributed by atoms with Crippen LogP contribution in [0, 0.1) is 10.8 Å². The highest BCUT2D eigenvalue weighted by molar-refractivity contribution is 7.96. The maximum atomic E-state index is 15.8. The van der Waals surface area contributed by atoms with Gasteiger partial charge in [-0.25, -0.2) is 4.99 Å². The van der Waals surface area contributed by atoms with Crippen LogP contribution in [0.1, 0.15) is 59.8 Å². The number of hydrogen-bond acceptors (Lipinski definition) is 8. The Labute approximate surface area is 227 Å². The number of aliphatic imine (C=N–C) groups is 1. The highest BCUT2D eigenvalue weighted by atomic mass is 32.2. The first-order chi connectivity index (χ1) is 17.7. The lowest BCUT2D eigenvalue weighted by Crippen LogP contribution is -2.63. The van der Waals surface area contributed by atoms with Gasteiger partial charge in [0.05, 0.1) is 26.3 Å². The van der Waals surface area contributed by atoms with Gasteiger partial charge >= 0.3 is 5.92 Å². The molecule has 4 rings (SSSR count). The van der Waals surface area contributed by atoms with Crippen LogP contribution in [0.15, 0.2) is 23.2 Å². The standard InChI is InChI=1S/C27H38F2N2O6S/c1-24(2)14-25(3,4)16-26(33,15-24)27(28,29)23(32)31-11-7-8-18(31)22-30-21(38-37-22)13-36-17-9-10-19(34-5)20(12-17)35-6/h9-10,12,18,21,33H,7-8,11,13-16H2,1-6H3/t18-,21?/m0/s1. The molecule has 1 saturated heterocycles. The van der Waals surface area contributed by atoms with Crippen molar-refractivity contribution in [1.29, 1.82) is 0 Å². The molecule has 212 valence electrons. The van der Waals surface area contributed by atoms with E-state index in [2.05, 4.69) is 4.99 Å². The zero-order chi connectivity index (χ0) is 27.9. The van der Waals surface area contributed by atoms with Crippen molar-refractivity contribution < 1.29 is 37.1 Å². The van der Waals surface area contributed by atoms with Gasteiger partial charge in [0, 0.05) is 12.6 Å². The topological polar surface area (TPSA) is 89.8 Å². The fourth-order valence-electron chi connectivity index (χ4n) is 6.50. The summed E-state index contributed by atoms with van der Waals surface area (Å²) in [6.45, 7) is 7.77. The van der Waals surface area contributed by atoms with Gasteiger partial charge in [-0.2, -0.15) is 8.78 Å². The number of alkyl halides is 2. The van der Waals surface area contributed by atoms with Gasteiger partial charge in [0.2, 0.25) is 5.90 Å². The number of rotatable bonds is 8. The van der Waals surface area contributed by atoms with Gasteiger partial charge in [-0.15, -0.1) is 0 Å². The summed E-state index contributed by atoms with van der Waals surface area (Å²) >= 11 is 1.06. The van der Waals surface area contributed by atoms with Crippen molar-refractivity contribution in [3.8, 4) is 17.2 Å². The maximum Gasteiger partial charge on any atom is 0.352 e. The monoisotopic (exact) mass is 556 g/mol. The zero-order valence-corrected chi connectivity index (χ0v) is 23.7. The van der Waals surface area contributed by atoms with Crippen LogP contribution in [0.2, 0.25) is 0 Å². The second-order valence-electron chi connectivity index (χ2n) is 12.1. The Bertz CT molecular complexity index is 1060. The Morgan fingerprint density at radius 2 is 1.82 bits per heavy atom. The fourth-order valence-corrected chi connectivity index (χ4v) is 7.14. The molecule has 1 amide bonds. The number of amides is 1. The number of ether oxygens (including phenoxy) is 3. The molecule has 2 heterocycles. The third-order valence-electron chi connectivity index (χ3n) is 7.41. The Kier molecular flexibility index (Phi) is 7.84. The van der Waals surface area contributed by atoms with Crippen LogP contribution in [0.25, 0.3) is 0 Å². The van der Waals surface area contributed by atoms with Crippen LogP contribution in [-0.2, 0) is 8.98 Å². The Morgan fingerprint density at radius 3 is 2.45 bits per heavy atom. The van der Waals surface area contributed by atoms with Gasteiger partial charge in [-0.05, 0) is 55.1 Å². The number of methoxy groups -OCH3 is 2. The van der Waals surface area contributed by atoms with E-state index in [0.717, 1.165) is 16.9 Å². The predicted octanol–water partition coefficient (Wildman–Crippen LogP) is 5.08. The average Bonchev–Trinajstić information content (AvgIpc) is 3.49. The van der Waals surface area contributed by atoms with Crippen molar-refractivity contribution >= 4 is 23.8 Å². The molecule has 2 atom stereocenters. The number of carbonyl (C=O) groups excluding carboxylic acids is 1. The van der Waals surface area contributed by atoms with Gasteiger partial charge in [-0.1, -0.05) is 27.7 Å². The molecule has 38 heavy (non-hydrogen) atoms. The average molecular weight is 557 g/mol. The van der Waals surface area contributed by atoms with E-state index in [1.54, 1.807) is 25.3 Å². The van der Waals surface area contributed by atoms with Crippen LogP contribution in [-0.4, -0.2) is 72.1 Å². The number of likely N-dealkylation sites (tertiary alicyclic amines) is 1. The molecule has 1 aliphatic carbocycles. The van der Waals surface area contributed by atoms with Gasteiger partial charge < -0.3 is 28.4 Å². The lowest BCUT2D eigenvalue weighted by molar-refractivity contribution is -0.231. The molecular formula is C27H38F2N2O6S. The smallest absolute Gasteiger partial charge is 0.352 e. The molecule has 1 unspecified atom stereocenters. The normalized spacial score (nSPS) is 25.9. The van der Waals surface area contributed by atoms with Crippen molar-refractivity contribution in [3.63, 3.8) is 0 Å². The molecule has 8 nitrogen and oxygen atoms in total. The molecule has 0 bridgehead atoms. The third-order valence-corrected chi connectivity index (χ3v) is 8.14. The van der Waals surface area contributed by atoms with Gasteiger partial charge in [0.15, 0.2) is 16.9 Å². The van der Waals surface area contributed by atoms with Crippen LogP contribution >= 0.6 is 12.0 Å². The minimum absolute atomic E-state index is 0.149. The summed E-state index contributed by atoms with van der Waals surface area (Å²) in [5.74, 6) is -3.42. The summed E-state index contributed by atoms with van der Waals surface area (Å²) in [5, 5.41) is 10.8. The molecule has 2 aliphatic heterocycles. The van der Waals surface area contributed by atoms with E-state index in [4.69, 9.17) is 18.4 Å². The van der Waals surface area contributed by atoms with E-state index >= 15 is 8.78 Å². The molecule has 1 aromatic rings. The van der Waals surface area contributed by atoms with Crippen molar-refractivity contribution in [3.05, 3.63) is 18.2 Å². The summed E-state index contributed by atoms with van der Waals surface area (Å²) < 4.78 is 53.7. The van der Waals surface area contributed by atoms with E-state index < -0.39 is 39.7 Å². The molecule has 1 saturated carbocycles. The van der Waals surface area contributed by atoms with E-state index in [1.807, 2.05) is 27.7 Å². The minimum atomic E-state index is -3.94. The second-order valence-corrected chi connectivity index (χ2v) is 13.0. The number of nitrogens with zero attached hydrogens (tertiary/aromatic N) is 2. The predicted molar refractivity (Wildman–Crippen MR) is 141 cm³/mol. The highest BCUT2D eigenvalue weighted by Crippen LogP contribution is 2.55. The van der Waals surface area contributed by atoms with Crippen molar-refractivity contribution in [1.82, 2.24) is 4.90 Å². The van der Waals surface area contributed by atoms with Gasteiger partial charge in [-0.3, -0.25) is 4.79 Å². The number of aliphatic hydroxyl groups is 1. The summed E-state index contributed by atoms with van der Waals surface area (Å²) in [6.07, 6.45) is 1.39. The van der Waals surface area contributed by atoms with E-state index in [0.29, 0.717) is 36.5 Å². The number of benzene rings is 1. The van der Waals surface area contributed by atoms with Crippen molar-refractivity contribution in [2.45, 2.75) is 82.7 Å². The largest absolute Gasteiger partial charge is 0.493 e. The quantitative estimate of drug-likeness (QED) is 0.447. The van der Waals surface area contributed by atoms with Gasteiger partial charge in [0.25, 0.3) is 5.91 Å². The zero-order valence-electron chi connectivity index (χ0n) is 22.9. The van der Waals surface area contributed by atoms with E-state index in [1.165, 1.54) is 7.11 Å². The van der Waals surface area contributed by atoms with E-state index in [9.17, 15) is 9.90 Å². The van der Waals surface area contributed by atoms with Crippen LogP contribution in [0.5, 0.6) is 17.2 Å². The molecule has 2 fully saturated rings. The maximum absolute atomic E-state index is 15.8. The fraction of sp³-hybridized carbons (Fsp3) is 0.704. The van der Waals surface area contributed by atoms with Crippen LogP contribution in [0.3, 0.4) is 0 Å². The molecule has 3 aliphatic rings. The molecular weight excluding hydrogens is 518 g/mol. The molecule has 1 aromatic carbocycles. The minimum Gasteiger partial charge on any atom is -0.493 e. The van der Waals surface area contributed by atoms with Gasteiger partial charge in [0.1, 0.15) is 24.0 Å². The Morgan fingerprint density at radius 1 is 1.16 bits per heavy atom. The Hall–Kier alpha value is -2.27. The van der Waals surface area contributed by atoms with Crippen LogP contribution < -0.4 is 14.2 Å².